The van der Waals surface area contributed by atoms with Gasteiger partial charge in [0.2, 0.25) is 0 Å². The normalized spacial score (nSPS) is 28.3. The summed E-state index contributed by atoms with van der Waals surface area (Å²) in [6.45, 7) is 1.53. The maximum absolute atomic E-state index is 13.5. The number of rotatable bonds is 5. The topological polar surface area (TPSA) is 95.8 Å². The Morgan fingerprint density at radius 3 is 2.16 bits per heavy atom. The Bertz CT molecular complexity index is 1220. The van der Waals surface area contributed by atoms with Crippen LogP contribution in [0.2, 0.25) is 0 Å². The summed E-state index contributed by atoms with van der Waals surface area (Å²) >= 11 is 0. The Balaban J connectivity index is 1.15. The van der Waals surface area contributed by atoms with Crippen molar-refractivity contribution in [3.63, 3.8) is 0 Å². The number of hydrogen-bond acceptors (Lipinski definition) is 5. The number of hydrogen-bond donors (Lipinski definition) is 1. The molecule has 2 aromatic carbocycles. The summed E-state index contributed by atoms with van der Waals surface area (Å²) in [5, 5.41) is 15.3. The predicted molar refractivity (Wildman–Crippen MR) is 136 cm³/mol. The van der Waals surface area contributed by atoms with E-state index >= 15 is 0 Å². The van der Waals surface area contributed by atoms with Gasteiger partial charge in [-0.25, -0.2) is 4.39 Å². The average molecular weight is 507 g/mol. The van der Waals surface area contributed by atoms with Crippen molar-refractivity contribution >= 4 is 23.2 Å². The van der Waals surface area contributed by atoms with Crippen LogP contribution in [0.1, 0.15) is 59.2 Å². The minimum Gasteiger partial charge on any atom is -0.362 e. The molecule has 2 amide bonds. The molecule has 1 N–H and O–H groups in total. The summed E-state index contributed by atoms with van der Waals surface area (Å²) in [5.41, 5.74) is 0.765. The molecule has 0 radical (unpaired) electrons. The number of carbonyl (C=O) groups excluding carboxylic acids is 2. The van der Waals surface area contributed by atoms with Crippen LogP contribution in [-0.2, 0) is 0 Å². The summed E-state index contributed by atoms with van der Waals surface area (Å²) in [6.07, 6.45) is 6.87. The minimum atomic E-state index is -0.465. The summed E-state index contributed by atoms with van der Waals surface area (Å²) in [6, 6.07) is 10.3. The van der Waals surface area contributed by atoms with E-state index in [2.05, 4.69) is 5.32 Å². The van der Waals surface area contributed by atoms with E-state index < -0.39 is 10.7 Å². The maximum Gasteiger partial charge on any atom is 0.293 e. The van der Waals surface area contributed by atoms with E-state index in [-0.39, 0.29) is 28.6 Å². The maximum atomic E-state index is 13.5. The van der Waals surface area contributed by atoms with Crippen molar-refractivity contribution in [2.45, 2.75) is 44.1 Å². The number of nitrogens with zero attached hydrogens (tertiary/aromatic N) is 3. The highest BCUT2D eigenvalue weighted by atomic mass is 19.1. The van der Waals surface area contributed by atoms with Crippen LogP contribution in [0, 0.1) is 33.7 Å². The molecule has 1 heterocycles. The first-order valence-corrected chi connectivity index (χ1v) is 13.2. The van der Waals surface area contributed by atoms with Crippen LogP contribution >= 0.6 is 0 Å². The monoisotopic (exact) mass is 506 g/mol. The lowest BCUT2D eigenvalue weighted by Crippen LogP contribution is -2.59. The number of nitro groups is 1. The van der Waals surface area contributed by atoms with Gasteiger partial charge in [0.05, 0.1) is 4.92 Å². The average Bonchev–Trinajstić information content (AvgIpc) is 2.87. The molecule has 0 spiro atoms. The van der Waals surface area contributed by atoms with Crippen LogP contribution in [0.15, 0.2) is 42.5 Å². The van der Waals surface area contributed by atoms with E-state index in [0.717, 1.165) is 19.3 Å². The molecule has 37 heavy (non-hydrogen) atoms. The Morgan fingerprint density at radius 1 is 0.919 bits per heavy atom. The fourth-order valence-electron chi connectivity index (χ4n) is 7.61. The molecular weight excluding hydrogens is 475 g/mol. The molecule has 4 bridgehead atoms. The van der Waals surface area contributed by atoms with Crippen molar-refractivity contribution in [3.8, 4) is 0 Å². The molecule has 0 aromatic heterocycles. The largest absolute Gasteiger partial charge is 0.362 e. The van der Waals surface area contributed by atoms with E-state index in [4.69, 9.17) is 0 Å². The first-order valence-electron chi connectivity index (χ1n) is 13.2. The third-order valence-corrected chi connectivity index (χ3v) is 8.83. The number of anilines is 1. The number of piperazine rings is 1. The SMILES string of the molecule is O=C(NC12CC3CC(CC(C3)C1)C2)c1ccc(N2CCN(C(=O)c3cccc(F)c3)CC2)c([N+](=O)[O-])c1. The van der Waals surface area contributed by atoms with Crippen molar-refractivity contribution in [1.82, 2.24) is 10.2 Å². The first-order chi connectivity index (χ1) is 17.8. The number of nitro benzene ring substituents is 1. The molecule has 4 aliphatic carbocycles. The van der Waals surface area contributed by atoms with Crippen molar-refractivity contribution in [1.29, 1.82) is 0 Å². The van der Waals surface area contributed by atoms with Crippen LogP contribution in [-0.4, -0.2) is 53.4 Å². The summed E-state index contributed by atoms with van der Waals surface area (Å²) < 4.78 is 13.5. The molecule has 1 aliphatic heterocycles. The molecule has 4 saturated carbocycles. The molecule has 5 fully saturated rings. The Hall–Kier alpha value is -3.49. The molecule has 0 unspecified atom stereocenters. The van der Waals surface area contributed by atoms with Gasteiger partial charge in [-0.2, -0.15) is 0 Å². The van der Waals surface area contributed by atoms with Crippen LogP contribution < -0.4 is 10.2 Å². The van der Waals surface area contributed by atoms with E-state index in [1.165, 1.54) is 43.5 Å². The summed E-state index contributed by atoms with van der Waals surface area (Å²) in [4.78, 5) is 41.0. The number of halogens is 1. The van der Waals surface area contributed by atoms with Crippen molar-refractivity contribution < 1.29 is 18.9 Å². The van der Waals surface area contributed by atoms with Crippen molar-refractivity contribution in [2.75, 3.05) is 31.1 Å². The molecule has 2 aromatic rings. The van der Waals surface area contributed by atoms with Gasteiger partial charge < -0.3 is 15.1 Å². The van der Waals surface area contributed by atoms with Gasteiger partial charge in [-0.05, 0) is 86.6 Å². The van der Waals surface area contributed by atoms with Gasteiger partial charge in [0, 0.05) is 48.9 Å². The highest BCUT2D eigenvalue weighted by Crippen LogP contribution is 2.55. The van der Waals surface area contributed by atoms with Crippen LogP contribution in [0.4, 0.5) is 15.8 Å². The second-order valence-corrected chi connectivity index (χ2v) is 11.4. The molecule has 0 atom stereocenters. The van der Waals surface area contributed by atoms with Gasteiger partial charge in [0.25, 0.3) is 17.5 Å². The van der Waals surface area contributed by atoms with Crippen LogP contribution in [0.3, 0.4) is 0 Å². The number of nitrogens with one attached hydrogen (secondary N) is 1. The highest BCUT2D eigenvalue weighted by Gasteiger charge is 2.51. The minimum absolute atomic E-state index is 0.108. The lowest BCUT2D eigenvalue weighted by atomic mass is 9.53. The van der Waals surface area contributed by atoms with E-state index in [1.807, 2.05) is 4.90 Å². The molecule has 194 valence electrons. The van der Waals surface area contributed by atoms with Crippen LogP contribution in [0.5, 0.6) is 0 Å². The molecule has 5 aliphatic rings. The zero-order chi connectivity index (χ0) is 25.7. The first kappa shape index (κ1) is 23.9. The number of amides is 2. The molecule has 9 heteroatoms. The molecular formula is C28H31FN4O4. The van der Waals surface area contributed by atoms with E-state index in [9.17, 15) is 24.1 Å². The third-order valence-electron chi connectivity index (χ3n) is 8.83. The van der Waals surface area contributed by atoms with Gasteiger partial charge in [0.15, 0.2) is 0 Å². The van der Waals surface area contributed by atoms with Gasteiger partial charge in [-0.3, -0.25) is 19.7 Å². The smallest absolute Gasteiger partial charge is 0.293 e. The quantitative estimate of drug-likeness (QED) is 0.479. The van der Waals surface area contributed by atoms with Gasteiger partial charge in [0.1, 0.15) is 11.5 Å². The second kappa shape index (κ2) is 9.11. The summed E-state index contributed by atoms with van der Waals surface area (Å²) in [7, 11) is 0. The summed E-state index contributed by atoms with van der Waals surface area (Å²) in [5.74, 6) is 1.11. The van der Waals surface area contributed by atoms with Crippen molar-refractivity contribution in [3.05, 3.63) is 69.5 Å². The van der Waals surface area contributed by atoms with Gasteiger partial charge >= 0.3 is 0 Å². The van der Waals surface area contributed by atoms with Gasteiger partial charge in [-0.1, -0.05) is 6.07 Å². The standard InChI is InChI=1S/C28H31FN4O4/c29-23-3-1-2-22(13-23)27(35)32-8-6-31(7-9-32)24-5-4-21(14-25(24)33(36)37)26(34)30-28-15-18-10-19(16-28)12-20(11-18)17-28/h1-5,13-14,18-20H,6-12,15-17H2,(H,30,34). The molecule has 8 nitrogen and oxygen atoms in total. The third kappa shape index (κ3) is 4.55. The lowest BCUT2D eigenvalue weighted by molar-refractivity contribution is -0.384. The van der Waals surface area contributed by atoms with E-state index in [1.54, 1.807) is 23.1 Å². The van der Waals surface area contributed by atoms with Crippen molar-refractivity contribution in [2.24, 2.45) is 17.8 Å². The zero-order valence-electron chi connectivity index (χ0n) is 20.7. The second-order valence-electron chi connectivity index (χ2n) is 11.4. The van der Waals surface area contributed by atoms with Gasteiger partial charge in [-0.15, -0.1) is 0 Å². The fraction of sp³-hybridized carbons (Fsp3) is 0.500. The van der Waals surface area contributed by atoms with E-state index in [0.29, 0.717) is 55.2 Å². The molecule has 7 rings (SSSR count). The lowest BCUT2D eigenvalue weighted by Gasteiger charge is -2.56. The highest BCUT2D eigenvalue weighted by molar-refractivity contribution is 5.96. The zero-order valence-corrected chi connectivity index (χ0v) is 20.7. The number of carbonyl (C=O) groups is 2. The number of benzene rings is 2. The Labute approximate surface area is 215 Å². The Morgan fingerprint density at radius 2 is 1.57 bits per heavy atom. The van der Waals surface area contributed by atoms with Crippen LogP contribution in [0.25, 0.3) is 0 Å². The predicted octanol–water partition coefficient (Wildman–Crippen LogP) is 4.39. The fourth-order valence-corrected chi connectivity index (χ4v) is 7.61. The Kier molecular flexibility index (Phi) is 5.88. The molecule has 1 saturated heterocycles.